The van der Waals surface area contributed by atoms with E-state index in [4.69, 9.17) is 4.74 Å². The van der Waals surface area contributed by atoms with Crippen LogP contribution in [0.5, 0.6) is 0 Å². The maximum Gasteiger partial charge on any atom is 0.137 e. The molecule has 0 saturated heterocycles. The van der Waals surface area contributed by atoms with Gasteiger partial charge in [0.25, 0.3) is 0 Å². The average Bonchev–Trinajstić information content (AvgIpc) is 3.15. The Kier molecular flexibility index (Phi) is 3.76. The first-order chi connectivity index (χ1) is 9.74. The van der Waals surface area contributed by atoms with Crippen molar-refractivity contribution in [3.63, 3.8) is 0 Å². The molecule has 0 atom stereocenters. The van der Waals surface area contributed by atoms with E-state index in [1.807, 2.05) is 6.07 Å². The lowest BCUT2D eigenvalue weighted by Gasteiger charge is -2.15. The Morgan fingerprint density at radius 2 is 2.25 bits per heavy atom. The zero-order valence-electron chi connectivity index (χ0n) is 12.4. The molecule has 108 valence electrons. The average molecular weight is 273 g/mol. The Bertz CT molecular complexity index is 586. The summed E-state index contributed by atoms with van der Waals surface area (Å²) in [5.41, 5.74) is 3.90. The molecule has 2 heterocycles. The summed E-state index contributed by atoms with van der Waals surface area (Å²) in [7, 11) is 1.78. The van der Waals surface area contributed by atoms with Gasteiger partial charge in [0.2, 0.25) is 0 Å². The smallest absolute Gasteiger partial charge is 0.137 e. The minimum absolute atomic E-state index is 0.490. The fourth-order valence-electron chi connectivity index (χ4n) is 2.83. The minimum atomic E-state index is 0.490. The molecule has 4 nitrogen and oxygen atoms in total. The number of pyridine rings is 1. The number of hydrogen-bond acceptors (Lipinski definition) is 3. The third-order valence-corrected chi connectivity index (χ3v) is 4.42. The summed E-state index contributed by atoms with van der Waals surface area (Å²) in [6.07, 6.45) is 5.91. The van der Waals surface area contributed by atoms with Crippen molar-refractivity contribution in [2.75, 3.05) is 20.3 Å². The molecule has 2 aromatic heterocycles. The van der Waals surface area contributed by atoms with Gasteiger partial charge in [-0.25, -0.2) is 4.98 Å². The van der Waals surface area contributed by atoms with Gasteiger partial charge in [-0.3, -0.25) is 0 Å². The minimum Gasteiger partial charge on any atom is -0.385 e. The Balaban J connectivity index is 1.62. The molecule has 20 heavy (non-hydrogen) atoms. The van der Waals surface area contributed by atoms with Crippen LogP contribution in [0.25, 0.3) is 5.65 Å². The van der Waals surface area contributed by atoms with Gasteiger partial charge < -0.3 is 14.5 Å². The lowest BCUT2D eigenvalue weighted by Crippen LogP contribution is -2.25. The summed E-state index contributed by atoms with van der Waals surface area (Å²) >= 11 is 0. The molecule has 0 aliphatic heterocycles. The van der Waals surface area contributed by atoms with Crippen molar-refractivity contribution in [2.45, 2.75) is 32.7 Å². The van der Waals surface area contributed by atoms with Gasteiger partial charge in [-0.15, -0.1) is 0 Å². The molecule has 1 saturated carbocycles. The van der Waals surface area contributed by atoms with E-state index in [0.717, 1.165) is 31.0 Å². The summed E-state index contributed by atoms with van der Waals surface area (Å²) in [4.78, 5) is 4.60. The van der Waals surface area contributed by atoms with Crippen LogP contribution in [-0.2, 0) is 11.3 Å². The molecule has 3 rings (SSSR count). The molecule has 2 aromatic rings. The lowest BCUT2D eigenvalue weighted by atomic mass is 10.0. The van der Waals surface area contributed by atoms with Crippen LogP contribution >= 0.6 is 0 Å². The van der Waals surface area contributed by atoms with Gasteiger partial charge in [-0.1, -0.05) is 6.07 Å². The maximum atomic E-state index is 5.20. The molecular weight excluding hydrogens is 250 g/mol. The molecule has 0 aromatic carbocycles. The second-order valence-corrected chi connectivity index (χ2v) is 5.92. The van der Waals surface area contributed by atoms with Crippen LogP contribution in [0, 0.1) is 12.3 Å². The van der Waals surface area contributed by atoms with Crippen LogP contribution in [-0.4, -0.2) is 29.6 Å². The number of rotatable bonds is 7. The Labute approximate surface area is 120 Å². The standard InChI is InChI=1S/C16H23N3O/c1-13-14(19-9-4-3-5-15(19)18-13)11-17-12-16(6-7-16)8-10-20-2/h3-5,9,17H,6-8,10-12H2,1-2H3. The molecular formula is C16H23N3O. The molecule has 0 radical (unpaired) electrons. The van der Waals surface area contributed by atoms with E-state index in [9.17, 15) is 0 Å². The van der Waals surface area contributed by atoms with Crippen molar-refractivity contribution < 1.29 is 4.74 Å². The van der Waals surface area contributed by atoms with E-state index in [1.165, 1.54) is 25.0 Å². The SMILES string of the molecule is COCCC1(CNCc2c(C)nc3ccccn23)CC1. The van der Waals surface area contributed by atoms with E-state index in [1.54, 1.807) is 7.11 Å². The number of aromatic nitrogens is 2. The molecule has 0 unspecified atom stereocenters. The van der Waals surface area contributed by atoms with Crippen LogP contribution in [0.15, 0.2) is 24.4 Å². The first-order valence-electron chi connectivity index (χ1n) is 7.36. The molecule has 1 aliphatic carbocycles. The van der Waals surface area contributed by atoms with Gasteiger partial charge in [-0.05, 0) is 43.7 Å². The van der Waals surface area contributed by atoms with Crippen molar-refractivity contribution >= 4 is 5.65 Å². The van der Waals surface area contributed by atoms with Gasteiger partial charge in [0.1, 0.15) is 5.65 Å². The highest BCUT2D eigenvalue weighted by Gasteiger charge is 2.41. The number of nitrogens with one attached hydrogen (secondary N) is 1. The summed E-state index contributed by atoms with van der Waals surface area (Å²) in [6, 6.07) is 6.14. The fourth-order valence-corrected chi connectivity index (χ4v) is 2.83. The van der Waals surface area contributed by atoms with Crippen molar-refractivity contribution in [1.82, 2.24) is 14.7 Å². The van der Waals surface area contributed by atoms with Crippen LogP contribution in [0.2, 0.25) is 0 Å². The highest BCUT2D eigenvalue weighted by molar-refractivity contribution is 5.42. The molecule has 0 amide bonds. The molecule has 1 fully saturated rings. The quantitative estimate of drug-likeness (QED) is 0.842. The summed E-state index contributed by atoms with van der Waals surface area (Å²) in [5, 5.41) is 3.62. The van der Waals surface area contributed by atoms with E-state index in [0.29, 0.717) is 5.41 Å². The lowest BCUT2D eigenvalue weighted by molar-refractivity contribution is 0.171. The number of hydrogen-bond donors (Lipinski definition) is 1. The zero-order valence-corrected chi connectivity index (χ0v) is 12.4. The number of nitrogens with zero attached hydrogens (tertiary/aromatic N) is 2. The number of aryl methyl sites for hydroxylation is 1. The van der Waals surface area contributed by atoms with Crippen LogP contribution in [0.1, 0.15) is 30.7 Å². The van der Waals surface area contributed by atoms with Crippen LogP contribution < -0.4 is 5.32 Å². The third-order valence-electron chi connectivity index (χ3n) is 4.42. The normalized spacial score (nSPS) is 16.7. The molecule has 4 heteroatoms. The highest BCUT2D eigenvalue weighted by Crippen LogP contribution is 2.48. The Morgan fingerprint density at radius 3 is 3.00 bits per heavy atom. The molecule has 1 aliphatic rings. The largest absolute Gasteiger partial charge is 0.385 e. The van der Waals surface area contributed by atoms with Crippen molar-refractivity contribution in [3.05, 3.63) is 35.8 Å². The second kappa shape index (κ2) is 5.54. The highest BCUT2D eigenvalue weighted by atomic mass is 16.5. The van der Waals surface area contributed by atoms with Crippen molar-refractivity contribution in [1.29, 1.82) is 0 Å². The summed E-state index contributed by atoms with van der Waals surface area (Å²) in [6.45, 7) is 4.92. The fraction of sp³-hybridized carbons (Fsp3) is 0.562. The summed E-state index contributed by atoms with van der Waals surface area (Å²) in [5.74, 6) is 0. The van der Waals surface area contributed by atoms with Crippen molar-refractivity contribution in [3.8, 4) is 0 Å². The molecule has 1 N–H and O–H groups in total. The molecule has 0 spiro atoms. The molecule has 0 bridgehead atoms. The number of fused-ring (bicyclic) bond motifs is 1. The van der Waals surface area contributed by atoms with Gasteiger partial charge in [0.15, 0.2) is 0 Å². The Hall–Kier alpha value is -1.39. The number of methoxy groups -OCH3 is 1. The Morgan fingerprint density at radius 1 is 1.40 bits per heavy atom. The number of ether oxygens (including phenoxy) is 1. The van der Waals surface area contributed by atoms with Gasteiger partial charge in [-0.2, -0.15) is 0 Å². The monoisotopic (exact) mass is 273 g/mol. The topological polar surface area (TPSA) is 38.6 Å². The van der Waals surface area contributed by atoms with Gasteiger partial charge >= 0.3 is 0 Å². The van der Waals surface area contributed by atoms with Crippen molar-refractivity contribution in [2.24, 2.45) is 5.41 Å². The number of imidazole rings is 1. The van der Waals surface area contributed by atoms with E-state index < -0.39 is 0 Å². The summed E-state index contributed by atoms with van der Waals surface area (Å²) < 4.78 is 7.38. The van der Waals surface area contributed by atoms with E-state index in [-0.39, 0.29) is 0 Å². The first-order valence-corrected chi connectivity index (χ1v) is 7.36. The van der Waals surface area contributed by atoms with E-state index >= 15 is 0 Å². The van der Waals surface area contributed by atoms with Gasteiger partial charge in [0, 0.05) is 33.0 Å². The van der Waals surface area contributed by atoms with Crippen LogP contribution in [0.3, 0.4) is 0 Å². The predicted molar refractivity (Wildman–Crippen MR) is 79.8 cm³/mol. The zero-order chi connectivity index (χ0) is 14.0. The predicted octanol–water partition coefficient (Wildman–Crippen LogP) is 2.55. The van der Waals surface area contributed by atoms with E-state index in [2.05, 4.69) is 40.0 Å². The maximum absolute atomic E-state index is 5.20. The third kappa shape index (κ3) is 2.72. The van der Waals surface area contributed by atoms with Gasteiger partial charge in [0.05, 0.1) is 11.4 Å². The van der Waals surface area contributed by atoms with Crippen LogP contribution in [0.4, 0.5) is 0 Å². The second-order valence-electron chi connectivity index (χ2n) is 5.92. The first kappa shape index (κ1) is 13.6.